The van der Waals surface area contributed by atoms with E-state index in [1.54, 1.807) is 7.11 Å². The van der Waals surface area contributed by atoms with Crippen molar-refractivity contribution >= 4 is 28.3 Å². The molecule has 0 saturated heterocycles. The maximum atomic E-state index is 11.8. The standard InChI is InChI=1S/C12H19N3O3S/c1-9-8-19-12(13-9)14-11(17)7-15(10(2)16)5-4-6-18-3/h8H,4-7H2,1-3H3,(H,13,14,17). The maximum Gasteiger partial charge on any atom is 0.245 e. The van der Waals surface area contributed by atoms with Crippen LogP contribution in [0.15, 0.2) is 5.38 Å². The van der Waals surface area contributed by atoms with Crippen LogP contribution in [0.2, 0.25) is 0 Å². The first-order valence-corrected chi connectivity index (χ1v) is 6.87. The molecular weight excluding hydrogens is 266 g/mol. The van der Waals surface area contributed by atoms with E-state index in [1.807, 2.05) is 12.3 Å². The second kappa shape index (κ2) is 7.85. The number of amides is 2. The molecule has 0 spiro atoms. The molecule has 1 rings (SSSR count). The van der Waals surface area contributed by atoms with E-state index in [4.69, 9.17) is 4.74 Å². The van der Waals surface area contributed by atoms with Crippen molar-refractivity contribution < 1.29 is 14.3 Å². The zero-order valence-corrected chi connectivity index (χ0v) is 12.2. The number of aromatic nitrogens is 1. The molecule has 7 heteroatoms. The Morgan fingerprint density at radius 2 is 2.26 bits per heavy atom. The van der Waals surface area contributed by atoms with Gasteiger partial charge in [-0.25, -0.2) is 4.98 Å². The maximum absolute atomic E-state index is 11.8. The van der Waals surface area contributed by atoms with E-state index < -0.39 is 0 Å². The van der Waals surface area contributed by atoms with Gasteiger partial charge in [0, 0.05) is 32.6 Å². The van der Waals surface area contributed by atoms with Crippen LogP contribution >= 0.6 is 11.3 Å². The third kappa shape index (κ3) is 5.80. The van der Waals surface area contributed by atoms with Crippen LogP contribution in [-0.2, 0) is 14.3 Å². The van der Waals surface area contributed by atoms with E-state index in [1.165, 1.54) is 23.2 Å². The predicted molar refractivity (Wildman–Crippen MR) is 74.2 cm³/mol. The van der Waals surface area contributed by atoms with Crippen LogP contribution in [0.25, 0.3) is 0 Å². The van der Waals surface area contributed by atoms with Gasteiger partial charge in [0.15, 0.2) is 5.13 Å². The SMILES string of the molecule is COCCCN(CC(=O)Nc1nc(C)cs1)C(C)=O. The fourth-order valence-corrected chi connectivity index (χ4v) is 2.20. The van der Waals surface area contributed by atoms with Crippen molar-refractivity contribution in [2.24, 2.45) is 0 Å². The molecular formula is C12H19N3O3S. The largest absolute Gasteiger partial charge is 0.385 e. The first kappa shape index (κ1) is 15.6. The number of methoxy groups -OCH3 is 1. The Balaban J connectivity index is 2.44. The van der Waals surface area contributed by atoms with Gasteiger partial charge < -0.3 is 15.0 Å². The molecule has 1 aromatic rings. The van der Waals surface area contributed by atoms with E-state index in [9.17, 15) is 9.59 Å². The number of thiazole rings is 1. The summed E-state index contributed by atoms with van der Waals surface area (Å²) in [7, 11) is 1.61. The number of hydrogen-bond donors (Lipinski definition) is 1. The highest BCUT2D eigenvalue weighted by Crippen LogP contribution is 2.14. The number of ether oxygens (including phenoxy) is 1. The van der Waals surface area contributed by atoms with Gasteiger partial charge >= 0.3 is 0 Å². The third-order valence-electron chi connectivity index (χ3n) is 2.42. The summed E-state index contributed by atoms with van der Waals surface area (Å²) in [4.78, 5) is 28.9. The molecule has 0 aromatic carbocycles. The van der Waals surface area contributed by atoms with Crippen molar-refractivity contribution in [2.45, 2.75) is 20.3 Å². The van der Waals surface area contributed by atoms with E-state index in [0.29, 0.717) is 24.7 Å². The zero-order valence-electron chi connectivity index (χ0n) is 11.4. The van der Waals surface area contributed by atoms with Gasteiger partial charge in [-0.2, -0.15) is 0 Å². The fourth-order valence-electron chi connectivity index (χ4n) is 1.49. The van der Waals surface area contributed by atoms with Crippen LogP contribution in [0.1, 0.15) is 19.0 Å². The van der Waals surface area contributed by atoms with Crippen molar-refractivity contribution in [3.63, 3.8) is 0 Å². The third-order valence-corrected chi connectivity index (χ3v) is 3.30. The minimum absolute atomic E-state index is 0.0394. The van der Waals surface area contributed by atoms with Gasteiger partial charge in [0.25, 0.3) is 0 Å². The number of anilines is 1. The Bertz CT molecular complexity index is 434. The lowest BCUT2D eigenvalue weighted by Gasteiger charge is -2.19. The quantitative estimate of drug-likeness (QED) is 0.766. The average Bonchev–Trinajstić information content (AvgIpc) is 2.73. The molecule has 0 bridgehead atoms. The molecule has 2 amide bonds. The number of nitrogens with zero attached hydrogens (tertiary/aromatic N) is 2. The smallest absolute Gasteiger partial charge is 0.245 e. The number of nitrogens with one attached hydrogen (secondary N) is 1. The first-order chi connectivity index (χ1) is 9.02. The minimum atomic E-state index is -0.234. The summed E-state index contributed by atoms with van der Waals surface area (Å²) in [6.07, 6.45) is 0.708. The van der Waals surface area contributed by atoms with Crippen molar-refractivity contribution in [2.75, 3.05) is 32.1 Å². The number of carbonyl (C=O) groups excluding carboxylic acids is 2. The van der Waals surface area contributed by atoms with E-state index in [0.717, 1.165) is 5.69 Å². The van der Waals surface area contributed by atoms with Crippen molar-refractivity contribution in [1.29, 1.82) is 0 Å². The van der Waals surface area contributed by atoms with Crippen molar-refractivity contribution in [1.82, 2.24) is 9.88 Å². The summed E-state index contributed by atoms with van der Waals surface area (Å²) in [5, 5.41) is 5.10. The van der Waals surface area contributed by atoms with Crippen LogP contribution in [0, 0.1) is 6.92 Å². The highest BCUT2D eigenvalue weighted by atomic mass is 32.1. The lowest BCUT2D eigenvalue weighted by atomic mass is 10.3. The monoisotopic (exact) mass is 285 g/mol. The van der Waals surface area contributed by atoms with Crippen molar-refractivity contribution in [3.8, 4) is 0 Å². The summed E-state index contributed by atoms with van der Waals surface area (Å²) in [6.45, 7) is 4.43. The second-order valence-corrected chi connectivity index (χ2v) is 4.99. The Morgan fingerprint density at radius 1 is 1.53 bits per heavy atom. The first-order valence-electron chi connectivity index (χ1n) is 5.99. The van der Waals surface area contributed by atoms with Gasteiger partial charge in [-0.3, -0.25) is 9.59 Å². The van der Waals surface area contributed by atoms with Gasteiger partial charge in [0.05, 0.1) is 12.2 Å². The molecule has 1 N–H and O–H groups in total. The molecule has 19 heavy (non-hydrogen) atoms. The van der Waals surface area contributed by atoms with Crippen LogP contribution in [-0.4, -0.2) is 48.5 Å². The molecule has 0 atom stereocenters. The van der Waals surface area contributed by atoms with E-state index in [2.05, 4.69) is 10.3 Å². The highest BCUT2D eigenvalue weighted by molar-refractivity contribution is 7.13. The zero-order chi connectivity index (χ0) is 14.3. The predicted octanol–water partition coefficient (Wildman–Crippen LogP) is 1.28. The number of carbonyl (C=O) groups is 2. The van der Waals surface area contributed by atoms with Gasteiger partial charge in [-0.15, -0.1) is 11.3 Å². The molecule has 0 aliphatic rings. The highest BCUT2D eigenvalue weighted by Gasteiger charge is 2.14. The number of aryl methyl sites for hydroxylation is 1. The molecule has 0 unspecified atom stereocenters. The van der Waals surface area contributed by atoms with Crippen LogP contribution in [0.5, 0.6) is 0 Å². The molecule has 0 saturated carbocycles. The number of rotatable bonds is 7. The molecule has 0 radical (unpaired) electrons. The van der Waals surface area contributed by atoms with E-state index in [-0.39, 0.29) is 18.4 Å². The molecule has 106 valence electrons. The Hall–Kier alpha value is -1.47. The lowest BCUT2D eigenvalue weighted by molar-refractivity contribution is -0.132. The van der Waals surface area contributed by atoms with E-state index >= 15 is 0 Å². The normalized spacial score (nSPS) is 10.3. The van der Waals surface area contributed by atoms with Gasteiger partial charge in [-0.1, -0.05) is 0 Å². The Labute approximate surface area is 116 Å². The molecule has 1 heterocycles. The summed E-state index contributed by atoms with van der Waals surface area (Å²) in [5.41, 5.74) is 0.865. The number of hydrogen-bond acceptors (Lipinski definition) is 5. The topological polar surface area (TPSA) is 71.5 Å². The van der Waals surface area contributed by atoms with Gasteiger partial charge in [0.1, 0.15) is 0 Å². The van der Waals surface area contributed by atoms with Crippen LogP contribution in [0.4, 0.5) is 5.13 Å². The Kier molecular flexibility index (Phi) is 6.44. The van der Waals surface area contributed by atoms with Crippen LogP contribution in [0.3, 0.4) is 0 Å². The second-order valence-electron chi connectivity index (χ2n) is 4.13. The van der Waals surface area contributed by atoms with Crippen LogP contribution < -0.4 is 5.32 Å². The summed E-state index contributed by atoms with van der Waals surface area (Å²) in [6, 6.07) is 0. The molecule has 6 nitrogen and oxygen atoms in total. The lowest BCUT2D eigenvalue weighted by Crippen LogP contribution is -2.37. The molecule has 0 fully saturated rings. The molecule has 0 aliphatic carbocycles. The van der Waals surface area contributed by atoms with Gasteiger partial charge in [-0.05, 0) is 13.3 Å². The summed E-state index contributed by atoms with van der Waals surface area (Å²) in [5.74, 6) is -0.358. The minimum Gasteiger partial charge on any atom is -0.385 e. The Morgan fingerprint density at radius 3 is 2.79 bits per heavy atom. The summed E-state index contributed by atoms with van der Waals surface area (Å²) < 4.78 is 4.93. The van der Waals surface area contributed by atoms with Gasteiger partial charge in [0.2, 0.25) is 11.8 Å². The van der Waals surface area contributed by atoms with Crippen molar-refractivity contribution in [3.05, 3.63) is 11.1 Å². The molecule has 1 aromatic heterocycles. The summed E-state index contributed by atoms with van der Waals surface area (Å²) >= 11 is 1.37. The molecule has 0 aliphatic heterocycles. The fraction of sp³-hybridized carbons (Fsp3) is 0.583. The average molecular weight is 285 g/mol.